The minimum absolute atomic E-state index is 0.0799. The number of carbonyl (C=O) groups excluding carboxylic acids is 1. The molecule has 0 atom stereocenters. The van der Waals surface area contributed by atoms with E-state index in [0.29, 0.717) is 18.7 Å². The molecule has 1 rings (SSSR count). The molecule has 2 N–H and O–H groups in total. The van der Waals surface area contributed by atoms with Gasteiger partial charge in [0.15, 0.2) is 0 Å². The second-order valence-electron chi connectivity index (χ2n) is 4.72. The molecule has 18 heavy (non-hydrogen) atoms. The molecule has 0 fully saturated rings. The highest BCUT2D eigenvalue weighted by Gasteiger charge is 2.13. The highest BCUT2D eigenvalue weighted by Crippen LogP contribution is 2.11. The Bertz CT molecular complexity index is 427. The maximum Gasteiger partial charge on any atom is 0.340 e. The molecule has 0 bridgehead atoms. The van der Waals surface area contributed by atoms with E-state index in [2.05, 4.69) is 10.1 Å². The molecule has 5 heteroatoms. The number of methoxy groups -OCH3 is 1. The maximum atomic E-state index is 13.6. The molecule has 1 aromatic carbocycles. The summed E-state index contributed by atoms with van der Waals surface area (Å²) in [6.07, 6.45) is 0. The minimum Gasteiger partial charge on any atom is -0.465 e. The maximum absolute atomic E-state index is 13.6. The van der Waals surface area contributed by atoms with Gasteiger partial charge in [0, 0.05) is 13.1 Å². The summed E-state index contributed by atoms with van der Waals surface area (Å²) >= 11 is 0. The summed E-state index contributed by atoms with van der Waals surface area (Å²) in [4.78, 5) is 11.2. The fourth-order valence-corrected chi connectivity index (χ4v) is 1.46. The van der Waals surface area contributed by atoms with E-state index in [4.69, 9.17) is 0 Å². The topological polar surface area (TPSA) is 58.6 Å². The monoisotopic (exact) mass is 255 g/mol. The first-order valence-electron chi connectivity index (χ1n) is 5.63. The number of benzene rings is 1. The van der Waals surface area contributed by atoms with Crippen LogP contribution in [0.25, 0.3) is 0 Å². The van der Waals surface area contributed by atoms with E-state index in [1.54, 1.807) is 19.9 Å². The van der Waals surface area contributed by atoms with Gasteiger partial charge in [-0.25, -0.2) is 9.18 Å². The van der Waals surface area contributed by atoms with E-state index in [0.717, 1.165) is 0 Å². The Labute approximate surface area is 106 Å². The Morgan fingerprint density at radius 1 is 1.50 bits per heavy atom. The van der Waals surface area contributed by atoms with Crippen LogP contribution in [0.2, 0.25) is 0 Å². The Kier molecular flexibility index (Phi) is 4.81. The fourth-order valence-electron chi connectivity index (χ4n) is 1.46. The Morgan fingerprint density at radius 2 is 2.17 bits per heavy atom. The average molecular weight is 255 g/mol. The van der Waals surface area contributed by atoms with Gasteiger partial charge in [-0.1, -0.05) is 6.07 Å². The van der Waals surface area contributed by atoms with Crippen LogP contribution >= 0.6 is 0 Å². The van der Waals surface area contributed by atoms with Crippen LogP contribution in [0.3, 0.4) is 0 Å². The van der Waals surface area contributed by atoms with Gasteiger partial charge in [-0.2, -0.15) is 0 Å². The Hall–Kier alpha value is -1.46. The largest absolute Gasteiger partial charge is 0.465 e. The first-order chi connectivity index (χ1) is 8.33. The van der Waals surface area contributed by atoms with Crippen molar-refractivity contribution >= 4 is 5.97 Å². The molecule has 0 saturated carbocycles. The molecule has 0 aliphatic heterocycles. The van der Waals surface area contributed by atoms with Crippen molar-refractivity contribution in [3.63, 3.8) is 0 Å². The van der Waals surface area contributed by atoms with E-state index >= 15 is 0 Å². The number of carbonyl (C=O) groups is 1. The average Bonchev–Trinajstić information content (AvgIpc) is 2.26. The van der Waals surface area contributed by atoms with Crippen molar-refractivity contribution in [1.29, 1.82) is 0 Å². The van der Waals surface area contributed by atoms with E-state index in [9.17, 15) is 14.3 Å². The van der Waals surface area contributed by atoms with Crippen LogP contribution in [0.5, 0.6) is 0 Å². The van der Waals surface area contributed by atoms with Crippen LogP contribution in [0.15, 0.2) is 18.2 Å². The number of hydrogen-bond donors (Lipinski definition) is 2. The lowest BCUT2D eigenvalue weighted by atomic mass is 10.1. The molecule has 0 aromatic heterocycles. The number of rotatable bonds is 5. The van der Waals surface area contributed by atoms with Crippen LogP contribution < -0.4 is 5.32 Å². The normalized spacial score (nSPS) is 11.4. The van der Waals surface area contributed by atoms with E-state index in [1.165, 1.54) is 19.2 Å². The summed E-state index contributed by atoms with van der Waals surface area (Å²) in [6, 6.07) is 4.32. The zero-order valence-electron chi connectivity index (χ0n) is 10.8. The van der Waals surface area contributed by atoms with Crippen LogP contribution in [-0.4, -0.2) is 30.3 Å². The number of halogens is 1. The number of hydrogen-bond acceptors (Lipinski definition) is 4. The second kappa shape index (κ2) is 5.93. The summed E-state index contributed by atoms with van der Waals surface area (Å²) in [5.41, 5.74) is -0.196. The third-order valence-electron chi connectivity index (χ3n) is 2.33. The smallest absolute Gasteiger partial charge is 0.340 e. The zero-order valence-corrected chi connectivity index (χ0v) is 10.8. The zero-order chi connectivity index (χ0) is 13.8. The number of aliphatic hydroxyl groups is 1. The third-order valence-corrected chi connectivity index (χ3v) is 2.33. The SMILES string of the molecule is COC(=O)c1ccc(CNCC(C)(C)O)cc1F. The number of nitrogens with one attached hydrogen (secondary N) is 1. The predicted molar refractivity (Wildman–Crippen MR) is 65.7 cm³/mol. The molecule has 0 amide bonds. The Morgan fingerprint density at radius 3 is 2.67 bits per heavy atom. The van der Waals surface area contributed by atoms with Crippen LogP contribution in [0.4, 0.5) is 4.39 Å². The molecular weight excluding hydrogens is 237 g/mol. The van der Waals surface area contributed by atoms with Crippen molar-refractivity contribution in [3.05, 3.63) is 35.1 Å². The molecule has 1 aromatic rings. The van der Waals surface area contributed by atoms with Gasteiger partial charge in [0.1, 0.15) is 5.82 Å². The summed E-state index contributed by atoms with van der Waals surface area (Å²) in [5.74, 6) is -1.30. The van der Waals surface area contributed by atoms with Crippen LogP contribution in [-0.2, 0) is 11.3 Å². The highest BCUT2D eigenvalue weighted by atomic mass is 19.1. The third kappa shape index (κ3) is 4.43. The predicted octanol–water partition coefficient (Wildman–Crippen LogP) is 1.47. The summed E-state index contributed by atoms with van der Waals surface area (Å²) in [6.45, 7) is 4.18. The lowest BCUT2D eigenvalue weighted by Crippen LogP contribution is -2.34. The standard InChI is InChI=1S/C13H18FNO3/c1-13(2,17)8-15-7-9-4-5-10(11(14)6-9)12(16)18-3/h4-6,15,17H,7-8H2,1-3H3. The summed E-state index contributed by atoms with van der Waals surface area (Å²) in [5, 5.41) is 12.5. The van der Waals surface area contributed by atoms with Crippen molar-refractivity contribution in [2.75, 3.05) is 13.7 Å². The lowest BCUT2D eigenvalue weighted by molar-refractivity contribution is 0.0595. The van der Waals surface area contributed by atoms with Gasteiger partial charge >= 0.3 is 5.97 Å². The van der Waals surface area contributed by atoms with Crippen molar-refractivity contribution in [2.24, 2.45) is 0 Å². The van der Waals surface area contributed by atoms with Gasteiger partial charge in [0.05, 0.1) is 18.3 Å². The molecule has 0 radical (unpaired) electrons. The molecule has 0 spiro atoms. The van der Waals surface area contributed by atoms with Crippen LogP contribution in [0, 0.1) is 5.82 Å². The molecule has 4 nitrogen and oxygen atoms in total. The van der Waals surface area contributed by atoms with Gasteiger partial charge in [-0.05, 0) is 31.5 Å². The number of esters is 1. The van der Waals surface area contributed by atoms with E-state index in [-0.39, 0.29) is 5.56 Å². The lowest BCUT2D eigenvalue weighted by Gasteiger charge is -2.17. The summed E-state index contributed by atoms with van der Waals surface area (Å²) in [7, 11) is 1.21. The second-order valence-corrected chi connectivity index (χ2v) is 4.72. The van der Waals surface area contributed by atoms with E-state index in [1.807, 2.05) is 0 Å². The molecule has 0 unspecified atom stereocenters. The number of ether oxygens (including phenoxy) is 1. The van der Waals surface area contributed by atoms with Crippen molar-refractivity contribution in [1.82, 2.24) is 5.32 Å². The molecule has 0 aliphatic rings. The summed E-state index contributed by atoms with van der Waals surface area (Å²) < 4.78 is 18.0. The van der Waals surface area contributed by atoms with Gasteiger partial charge < -0.3 is 15.2 Å². The first-order valence-corrected chi connectivity index (χ1v) is 5.63. The van der Waals surface area contributed by atoms with Gasteiger partial charge in [-0.15, -0.1) is 0 Å². The molecule has 0 aliphatic carbocycles. The van der Waals surface area contributed by atoms with Crippen molar-refractivity contribution in [2.45, 2.75) is 26.0 Å². The van der Waals surface area contributed by atoms with E-state index < -0.39 is 17.4 Å². The van der Waals surface area contributed by atoms with Crippen molar-refractivity contribution in [3.8, 4) is 0 Å². The van der Waals surface area contributed by atoms with Gasteiger partial charge in [0.2, 0.25) is 0 Å². The molecule has 0 heterocycles. The highest BCUT2D eigenvalue weighted by molar-refractivity contribution is 5.89. The van der Waals surface area contributed by atoms with Crippen molar-refractivity contribution < 1.29 is 19.0 Å². The van der Waals surface area contributed by atoms with Crippen LogP contribution in [0.1, 0.15) is 29.8 Å². The minimum atomic E-state index is -0.815. The molecule has 100 valence electrons. The fraction of sp³-hybridized carbons (Fsp3) is 0.462. The molecular formula is C13H18FNO3. The quantitative estimate of drug-likeness (QED) is 0.782. The Balaban J connectivity index is 2.65. The first kappa shape index (κ1) is 14.6. The van der Waals surface area contributed by atoms with Gasteiger partial charge in [-0.3, -0.25) is 0 Å². The van der Waals surface area contributed by atoms with Gasteiger partial charge in [0.25, 0.3) is 0 Å². The molecule has 0 saturated heterocycles.